The van der Waals surface area contributed by atoms with E-state index in [0.29, 0.717) is 0 Å². The van der Waals surface area contributed by atoms with E-state index in [1.807, 2.05) is 0 Å². The molecule has 0 saturated heterocycles. The fraction of sp³-hybridized carbons (Fsp3) is 0.667. The smallest absolute Gasteiger partial charge is 0.244 e. The Hall–Kier alpha value is -1.77. The molecule has 0 aliphatic carbocycles. The fourth-order valence-corrected chi connectivity index (χ4v) is 1.70. The van der Waals surface area contributed by atoms with Crippen molar-refractivity contribution in [3.63, 3.8) is 0 Å². The lowest BCUT2D eigenvalue weighted by Gasteiger charge is -2.20. The van der Waals surface area contributed by atoms with Crippen molar-refractivity contribution in [1.82, 2.24) is 21.3 Å². The zero-order valence-corrected chi connectivity index (χ0v) is 13.4. The molecule has 0 saturated carbocycles. The van der Waals surface area contributed by atoms with E-state index in [9.17, 15) is 19.2 Å². The number of likely N-dealkylation sites (N-methyl/N-ethyl adjacent to an activating group) is 1. The first kappa shape index (κ1) is 19.2. The van der Waals surface area contributed by atoms with Gasteiger partial charge in [0, 0.05) is 19.7 Å². The predicted molar refractivity (Wildman–Crippen MR) is 80.7 cm³/mol. The van der Waals surface area contributed by atoms with Crippen molar-refractivity contribution in [2.45, 2.75) is 38.9 Å². The maximum absolute atomic E-state index is 11.9. The molecule has 0 aliphatic rings. The van der Waals surface area contributed by atoms with Crippen LogP contribution < -0.4 is 21.3 Å². The van der Waals surface area contributed by atoms with Crippen molar-refractivity contribution in [3.05, 3.63) is 0 Å². The minimum Gasteiger partial charge on any atom is -0.357 e. The van der Waals surface area contributed by atoms with Gasteiger partial charge in [-0.3, -0.25) is 19.2 Å². The first-order valence-corrected chi connectivity index (χ1v) is 7.06. The molecule has 0 aromatic rings. The Bertz CT molecular complexity index is 416. The van der Waals surface area contributed by atoms with Crippen LogP contribution in [0.5, 0.6) is 0 Å². The summed E-state index contributed by atoms with van der Waals surface area (Å²) in [5.74, 6) is -1.62. The van der Waals surface area contributed by atoms with Crippen molar-refractivity contribution in [3.8, 4) is 0 Å². The number of hydrogen-bond acceptors (Lipinski definition) is 5. The SMILES string of the molecule is CNC(=O)C(C)NC(=O)C(C)NC(=O)C(CS)NC(C)=O. The molecule has 3 atom stereocenters. The maximum Gasteiger partial charge on any atom is 0.244 e. The largest absolute Gasteiger partial charge is 0.357 e. The number of carbonyl (C=O) groups is 4. The lowest BCUT2D eigenvalue weighted by Crippen LogP contribution is -2.55. The van der Waals surface area contributed by atoms with E-state index < -0.39 is 29.9 Å². The van der Waals surface area contributed by atoms with Gasteiger partial charge in [0.25, 0.3) is 0 Å². The summed E-state index contributed by atoms with van der Waals surface area (Å²) in [6.07, 6.45) is 0. The second-order valence-corrected chi connectivity index (χ2v) is 4.88. The molecule has 0 fully saturated rings. The Balaban J connectivity index is 4.48. The van der Waals surface area contributed by atoms with Crippen LogP contribution in [0.15, 0.2) is 0 Å². The second-order valence-electron chi connectivity index (χ2n) is 4.51. The van der Waals surface area contributed by atoms with Gasteiger partial charge in [-0.05, 0) is 13.8 Å². The molecule has 21 heavy (non-hydrogen) atoms. The number of thiol groups is 1. The van der Waals surface area contributed by atoms with Gasteiger partial charge in [-0.25, -0.2) is 0 Å². The van der Waals surface area contributed by atoms with Gasteiger partial charge in [0.2, 0.25) is 23.6 Å². The molecule has 0 radical (unpaired) electrons. The third-order valence-electron chi connectivity index (χ3n) is 2.63. The molecule has 0 aromatic carbocycles. The highest BCUT2D eigenvalue weighted by Gasteiger charge is 2.24. The van der Waals surface area contributed by atoms with Gasteiger partial charge in [0.1, 0.15) is 18.1 Å². The molecule has 3 unspecified atom stereocenters. The molecular formula is C12H22N4O4S. The molecule has 0 heterocycles. The first-order valence-electron chi connectivity index (χ1n) is 6.43. The molecule has 0 aromatic heterocycles. The van der Waals surface area contributed by atoms with Gasteiger partial charge < -0.3 is 21.3 Å². The standard InChI is InChI=1S/C12H22N4O4S/c1-6(10(18)13-4)14-11(19)7(2)15-12(20)9(5-21)16-8(3)17/h6-7,9,21H,5H2,1-4H3,(H,13,18)(H,14,19)(H,15,20)(H,16,17). The van der Waals surface area contributed by atoms with Crippen LogP contribution in [-0.4, -0.2) is 54.6 Å². The molecule has 4 N–H and O–H groups in total. The van der Waals surface area contributed by atoms with Crippen LogP contribution in [0, 0.1) is 0 Å². The number of carbonyl (C=O) groups excluding carboxylic acids is 4. The quantitative estimate of drug-likeness (QED) is 0.355. The first-order chi connectivity index (χ1) is 9.72. The maximum atomic E-state index is 11.9. The van der Waals surface area contributed by atoms with Crippen molar-refractivity contribution in [2.24, 2.45) is 0 Å². The third-order valence-corrected chi connectivity index (χ3v) is 2.99. The van der Waals surface area contributed by atoms with Crippen molar-refractivity contribution in [1.29, 1.82) is 0 Å². The molecule has 0 spiro atoms. The summed E-state index contributed by atoms with van der Waals surface area (Å²) in [6.45, 7) is 4.29. The highest BCUT2D eigenvalue weighted by molar-refractivity contribution is 7.80. The normalized spacial score (nSPS) is 14.3. The molecule has 8 nitrogen and oxygen atoms in total. The summed E-state index contributed by atoms with van der Waals surface area (Å²) in [4.78, 5) is 45.9. The van der Waals surface area contributed by atoms with E-state index in [1.54, 1.807) is 0 Å². The van der Waals surface area contributed by atoms with E-state index >= 15 is 0 Å². The van der Waals surface area contributed by atoms with E-state index in [0.717, 1.165) is 0 Å². The van der Waals surface area contributed by atoms with E-state index in [2.05, 4.69) is 33.9 Å². The molecule has 120 valence electrons. The van der Waals surface area contributed by atoms with Gasteiger partial charge >= 0.3 is 0 Å². The third kappa shape index (κ3) is 6.98. The summed E-state index contributed by atoms with van der Waals surface area (Å²) in [7, 11) is 1.46. The highest BCUT2D eigenvalue weighted by atomic mass is 32.1. The number of rotatable bonds is 7. The predicted octanol–water partition coefficient (Wildman–Crippen LogP) is -1.82. The Morgan fingerprint density at radius 2 is 1.38 bits per heavy atom. The van der Waals surface area contributed by atoms with Crippen LogP contribution in [0.2, 0.25) is 0 Å². The van der Waals surface area contributed by atoms with Crippen molar-refractivity contribution < 1.29 is 19.2 Å². The Morgan fingerprint density at radius 1 is 0.905 bits per heavy atom. The molecule has 0 aliphatic heterocycles. The molecule has 9 heteroatoms. The summed E-state index contributed by atoms with van der Waals surface area (Å²) in [5.41, 5.74) is 0. The summed E-state index contributed by atoms with van der Waals surface area (Å²) >= 11 is 3.97. The van der Waals surface area contributed by atoms with Gasteiger partial charge in [-0.2, -0.15) is 12.6 Å². The van der Waals surface area contributed by atoms with Crippen LogP contribution in [0.1, 0.15) is 20.8 Å². The lowest BCUT2D eigenvalue weighted by atomic mass is 10.2. The van der Waals surface area contributed by atoms with E-state index in [-0.39, 0.29) is 17.6 Å². The number of nitrogens with one attached hydrogen (secondary N) is 4. The van der Waals surface area contributed by atoms with Crippen LogP contribution >= 0.6 is 12.6 Å². The van der Waals surface area contributed by atoms with Crippen LogP contribution in [0.3, 0.4) is 0 Å². The van der Waals surface area contributed by atoms with Gasteiger partial charge in [0.15, 0.2) is 0 Å². The minimum absolute atomic E-state index is 0.106. The Morgan fingerprint density at radius 3 is 1.81 bits per heavy atom. The highest BCUT2D eigenvalue weighted by Crippen LogP contribution is 1.93. The summed E-state index contributed by atoms with van der Waals surface area (Å²) in [5, 5.41) is 9.73. The van der Waals surface area contributed by atoms with Crippen LogP contribution in [-0.2, 0) is 19.2 Å². The zero-order chi connectivity index (χ0) is 16.6. The Labute approximate surface area is 129 Å². The van der Waals surface area contributed by atoms with Crippen molar-refractivity contribution in [2.75, 3.05) is 12.8 Å². The summed E-state index contributed by atoms with van der Waals surface area (Å²) < 4.78 is 0. The van der Waals surface area contributed by atoms with Gasteiger partial charge in [-0.15, -0.1) is 0 Å². The van der Waals surface area contributed by atoms with Gasteiger partial charge in [0.05, 0.1) is 0 Å². The average Bonchev–Trinajstić information content (AvgIpc) is 2.42. The van der Waals surface area contributed by atoms with E-state index in [4.69, 9.17) is 0 Å². The second kappa shape index (κ2) is 9.22. The molecule has 0 bridgehead atoms. The minimum atomic E-state index is -0.847. The number of amides is 4. The average molecular weight is 318 g/mol. The van der Waals surface area contributed by atoms with Gasteiger partial charge in [-0.1, -0.05) is 0 Å². The fourth-order valence-electron chi connectivity index (χ4n) is 1.44. The number of hydrogen-bond donors (Lipinski definition) is 5. The van der Waals surface area contributed by atoms with E-state index in [1.165, 1.54) is 27.8 Å². The van der Waals surface area contributed by atoms with Crippen LogP contribution in [0.25, 0.3) is 0 Å². The zero-order valence-electron chi connectivity index (χ0n) is 12.5. The molecular weight excluding hydrogens is 296 g/mol. The monoisotopic (exact) mass is 318 g/mol. The van der Waals surface area contributed by atoms with Crippen molar-refractivity contribution >= 4 is 36.3 Å². The molecule has 0 rings (SSSR count). The lowest BCUT2D eigenvalue weighted by molar-refractivity contribution is -0.132. The molecule has 4 amide bonds. The summed E-state index contributed by atoms with van der Waals surface area (Å²) in [6, 6.07) is -2.38. The Kier molecular flexibility index (Phi) is 8.44. The topological polar surface area (TPSA) is 116 Å². The van der Waals surface area contributed by atoms with Crippen LogP contribution in [0.4, 0.5) is 0 Å².